The van der Waals surface area contributed by atoms with E-state index in [1.54, 1.807) is 29.3 Å². The molecule has 0 radical (unpaired) electrons. The van der Waals surface area contributed by atoms with Gasteiger partial charge in [-0.05, 0) is 19.1 Å². The molecule has 1 unspecified atom stereocenters. The number of rotatable bonds is 3. The van der Waals surface area contributed by atoms with Crippen LogP contribution in [0.3, 0.4) is 0 Å². The Hall–Kier alpha value is -2.45. The summed E-state index contributed by atoms with van der Waals surface area (Å²) in [4.78, 5) is 24.6. The van der Waals surface area contributed by atoms with Crippen molar-refractivity contribution >= 4 is 24.0 Å². The van der Waals surface area contributed by atoms with Crippen molar-refractivity contribution < 1.29 is 9.72 Å². The van der Waals surface area contributed by atoms with Gasteiger partial charge in [-0.25, -0.2) is 4.68 Å². The van der Waals surface area contributed by atoms with Crippen LogP contribution in [0, 0.1) is 10.1 Å². The van der Waals surface area contributed by atoms with Gasteiger partial charge in [0.2, 0.25) is 0 Å². The fourth-order valence-electron chi connectivity index (χ4n) is 2.61. The Balaban J connectivity index is 0.00000208. The van der Waals surface area contributed by atoms with Crippen LogP contribution in [0.25, 0.3) is 5.69 Å². The number of nitrogens with zero attached hydrogens (tertiary/aromatic N) is 4. The highest BCUT2D eigenvalue weighted by Crippen LogP contribution is 2.17. The topological polar surface area (TPSA) is 93.3 Å². The zero-order valence-electron chi connectivity index (χ0n) is 13.1. The van der Waals surface area contributed by atoms with Gasteiger partial charge >= 0.3 is 0 Å². The van der Waals surface area contributed by atoms with E-state index in [1.807, 2.05) is 6.92 Å². The van der Waals surface area contributed by atoms with E-state index in [0.29, 0.717) is 24.5 Å². The van der Waals surface area contributed by atoms with Crippen LogP contribution in [0.1, 0.15) is 17.4 Å². The van der Waals surface area contributed by atoms with Gasteiger partial charge < -0.3 is 10.2 Å². The first-order valence-electron chi connectivity index (χ1n) is 7.38. The van der Waals surface area contributed by atoms with Crippen molar-refractivity contribution in [3.63, 3.8) is 0 Å². The number of nitrogens with one attached hydrogen (secondary N) is 1. The van der Waals surface area contributed by atoms with Gasteiger partial charge in [0.25, 0.3) is 11.6 Å². The Bertz CT molecular complexity index is 748. The molecule has 1 aromatic carbocycles. The molecule has 0 aliphatic carbocycles. The number of aromatic nitrogens is 2. The highest BCUT2D eigenvalue weighted by Gasteiger charge is 2.23. The number of nitro groups is 1. The predicted molar refractivity (Wildman–Crippen MR) is 90.8 cm³/mol. The van der Waals surface area contributed by atoms with E-state index < -0.39 is 4.92 Å². The number of non-ortho nitro benzene ring substituents is 1. The molecule has 9 heteroatoms. The van der Waals surface area contributed by atoms with Gasteiger partial charge in [-0.1, -0.05) is 6.07 Å². The molecule has 2 aromatic rings. The third-order valence-electron chi connectivity index (χ3n) is 3.77. The van der Waals surface area contributed by atoms with Crippen molar-refractivity contribution in [2.45, 2.75) is 13.0 Å². The maximum atomic E-state index is 12.5. The SMILES string of the molecule is CC1CN(C(=O)c2ccn(-c3cccc([N+](=O)[O-])c3)n2)CCN1.Cl. The van der Waals surface area contributed by atoms with Crippen LogP contribution in [0.5, 0.6) is 0 Å². The van der Waals surface area contributed by atoms with Crippen LogP contribution >= 0.6 is 12.4 Å². The normalized spacial score (nSPS) is 17.2. The van der Waals surface area contributed by atoms with Crippen LogP contribution < -0.4 is 5.32 Å². The maximum Gasteiger partial charge on any atom is 0.274 e. The number of halogens is 1. The second-order valence-corrected chi connectivity index (χ2v) is 5.53. The Kier molecular flexibility index (Phi) is 5.53. The highest BCUT2D eigenvalue weighted by molar-refractivity contribution is 5.92. The number of nitro benzene ring substituents is 1. The number of hydrogen-bond acceptors (Lipinski definition) is 5. The van der Waals surface area contributed by atoms with E-state index in [0.717, 1.165) is 6.54 Å². The summed E-state index contributed by atoms with van der Waals surface area (Å²) in [6.07, 6.45) is 1.64. The third kappa shape index (κ3) is 3.72. The van der Waals surface area contributed by atoms with Crippen LogP contribution in [0.4, 0.5) is 5.69 Å². The summed E-state index contributed by atoms with van der Waals surface area (Å²) in [5.41, 5.74) is 0.874. The van der Waals surface area contributed by atoms with Crippen molar-refractivity contribution in [3.8, 4) is 5.69 Å². The van der Waals surface area contributed by atoms with Crippen molar-refractivity contribution in [1.82, 2.24) is 20.0 Å². The van der Waals surface area contributed by atoms with Gasteiger partial charge in [0.1, 0.15) is 0 Å². The molecule has 128 valence electrons. The van der Waals surface area contributed by atoms with E-state index in [9.17, 15) is 14.9 Å². The minimum absolute atomic E-state index is 0. The van der Waals surface area contributed by atoms with Crippen molar-refractivity contribution in [2.24, 2.45) is 0 Å². The van der Waals surface area contributed by atoms with Gasteiger partial charge in [-0.3, -0.25) is 14.9 Å². The number of carbonyl (C=O) groups excluding carboxylic acids is 1. The maximum absolute atomic E-state index is 12.5. The van der Waals surface area contributed by atoms with Crippen LogP contribution in [-0.2, 0) is 0 Å². The lowest BCUT2D eigenvalue weighted by atomic mass is 10.2. The third-order valence-corrected chi connectivity index (χ3v) is 3.77. The molecule has 0 spiro atoms. The quantitative estimate of drug-likeness (QED) is 0.670. The van der Waals surface area contributed by atoms with Crippen LogP contribution in [-0.4, -0.2) is 51.2 Å². The summed E-state index contributed by atoms with van der Waals surface area (Å²) in [6.45, 7) is 4.08. The zero-order chi connectivity index (χ0) is 16.4. The Labute approximate surface area is 145 Å². The van der Waals surface area contributed by atoms with E-state index in [2.05, 4.69) is 10.4 Å². The summed E-state index contributed by atoms with van der Waals surface area (Å²) < 4.78 is 1.48. The monoisotopic (exact) mass is 351 g/mol. The lowest BCUT2D eigenvalue weighted by Crippen LogP contribution is -2.51. The smallest absolute Gasteiger partial charge is 0.274 e. The average Bonchev–Trinajstić information content (AvgIpc) is 3.04. The highest BCUT2D eigenvalue weighted by atomic mass is 35.5. The van der Waals surface area contributed by atoms with Crippen molar-refractivity contribution in [2.75, 3.05) is 19.6 Å². The molecule has 1 fully saturated rings. The Morgan fingerprint density at radius 2 is 2.21 bits per heavy atom. The average molecular weight is 352 g/mol. The molecular formula is C15H18ClN5O3. The zero-order valence-corrected chi connectivity index (χ0v) is 13.9. The van der Waals surface area contributed by atoms with E-state index >= 15 is 0 Å². The van der Waals surface area contributed by atoms with E-state index in [1.165, 1.54) is 16.8 Å². The molecule has 8 nitrogen and oxygen atoms in total. The van der Waals surface area contributed by atoms with Gasteiger partial charge in [0.05, 0.1) is 10.6 Å². The molecule has 1 N–H and O–H groups in total. The molecular weight excluding hydrogens is 334 g/mol. The number of benzene rings is 1. The number of hydrogen-bond donors (Lipinski definition) is 1. The van der Waals surface area contributed by atoms with Crippen molar-refractivity contribution in [1.29, 1.82) is 0 Å². The minimum atomic E-state index is -0.457. The van der Waals surface area contributed by atoms with Crippen LogP contribution in [0.2, 0.25) is 0 Å². The molecule has 1 aromatic heterocycles. The first kappa shape index (κ1) is 17.9. The first-order valence-corrected chi connectivity index (χ1v) is 7.38. The molecule has 3 rings (SSSR count). The fraction of sp³-hybridized carbons (Fsp3) is 0.333. The first-order chi connectivity index (χ1) is 11.0. The number of carbonyl (C=O) groups is 1. The van der Waals surface area contributed by atoms with Gasteiger partial charge in [-0.15, -0.1) is 12.4 Å². The molecule has 1 aliphatic heterocycles. The lowest BCUT2D eigenvalue weighted by molar-refractivity contribution is -0.384. The minimum Gasteiger partial charge on any atom is -0.334 e. The van der Waals surface area contributed by atoms with E-state index in [4.69, 9.17) is 0 Å². The second-order valence-electron chi connectivity index (χ2n) is 5.53. The molecule has 1 amide bonds. The standard InChI is InChI=1S/C15H17N5O3.ClH/c1-11-10-18(8-6-16-11)15(21)14-5-7-19(17-14)12-3-2-4-13(9-12)20(22)23;/h2-5,7,9,11,16H,6,8,10H2,1H3;1H. The second kappa shape index (κ2) is 7.41. The summed E-state index contributed by atoms with van der Waals surface area (Å²) in [5.74, 6) is -0.123. The molecule has 0 saturated carbocycles. The Morgan fingerprint density at radius 1 is 1.42 bits per heavy atom. The fourth-order valence-corrected chi connectivity index (χ4v) is 2.61. The van der Waals surface area contributed by atoms with Gasteiger partial charge in [-0.2, -0.15) is 5.10 Å². The lowest BCUT2D eigenvalue weighted by Gasteiger charge is -2.31. The molecule has 1 aliphatic rings. The summed E-state index contributed by atoms with van der Waals surface area (Å²) >= 11 is 0. The van der Waals surface area contributed by atoms with Crippen molar-refractivity contribution in [3.05, 3.63) is 52.3 Å². The van der Waals surface area contributed by atoms with Crippen LogP contribution in [0.15, 0.2) is 36.5 Å². The molecule has 1 saturated heterocycles. The predicted octanol–water partition coefficient (Wildman–Crippen LogP) is 1.64. The van der Waals surface area contributed by atoms with E-state index in [-0.39, 0.29) is 30.0 Å². The summed E-state index contributed by atoms with van der Waals surface area (Å²) in [7, 11) is 0. The Morgan fingerprint density at radius 3 is 2.92 bits per heavy atom. The number of piperazine rings is 1. The molecule has 0 bridgehead atoms. The van der Waals surface area contributed by atoms with Gasteiger partial charge in [0, 0.05) is 44.0 Å². The summed E-state index contributed by atoms with van der Waals surface area (Å²) in [6, 6.07) is 8.03. The number of amides is 1. The molecule has 2 heterocycles. The van der Waals surface area contributed by atoms with Gasteiger partial charge in [0.15, 0.2) is 5.69 Å². The summed E-state index contributed by atoms with van der Waals surface area (Å²) in [5, 5.41) is 18.4. The largest absolute Gasteiger partial charge is 0.334 e. The molecule has 1 atom stereocenters. The molecule has 24 heavy (non-hydrogen) atoms.